The molecule has 0 spiro atoms. The Labute approximate surface area is 120 Å². The smallest absolute Gasteiger partial charge is 0.142 e. The Morgan fingerprint density at radius 2 is 2.20 bits per heavy atom. The number of hydrogen-bond acceptors (Lipinski definition) is 4. The van der Waals surface area contributed by atoms with Crippen molar-refractivity contribution in [2.24, 2.45) is 0 Å². The SMILES string of the molecule is CN(C)c1cc(C#CCCCO)ccc1OCCC=O. The van der Waals surface area contributed by atoms with Crippen molar-refractivity contribution in [2.45, 2.75) is 19.3 Å². The molecule has 0 atom stereocenters. The molecule has 0 unspecified atom stereocenters. The number of benzene rings is 1. The van der Waals surface area contributed by atoms with E-state index in [9.17, 15) is 4.79 Å². The summed E-state index contributed by atoms with van der Waals surface area (Å²) < 4.78 is 5.58. The second kappa shape index (κ2) is 9.00. The maximum absolute atomic E-state index is 10.3. The molecule has 0 aliphatic rings. The molecule has 0 bridgehead atoms. The van der Waals surface area contributed by atoms with Crippen LogP contribution in [0.15, 0.2) is 18.2 Å². The van der Waals surface area contributed by atoms with E-state index < -0.39 is 0 Å². The lowest BCUT2D eigenvalue weighted by Gasteiger charge is -2.17. The van der Waals surface area contributed by atoms with Crippen LogP contribution in [-0.2, 0) is 4.79 Å². The third kappa shape index (κ3) is 5.33. The van der Waals surface area contributed by atoms with Crippen LogP contribution in [-0.4, -0.2) is 38.7 Å². The van der Waals surface area contributed by atoms with Crippen LogP contribution in [0, 0.1) is 11.8 Å². The zero-order chi connectivity index (χ0) is 14.8. The fourth-order valence-corrected chi connectivity index (χ4v) is 1.62. The average Bonchev–Trinajstić information content (AvgIpc) is 2.44. The lowest BCUT2D eigenvalue weighted by molar-refractivity contribution is -0.108. The fraction of sp³-hybridized carbons (Fsp3) is 0.438. The summed E-state index contributed by atoms with van der Waals surface area (Å²) in [4.78, 5) is 12.3. The lowest BCUT2D eigenvalue weighted by Crippen LogP contribution is -2.11. The van der Waals surface area contributed by atoms with Gasteiger partial charge in [0.25, 0.3) is 0 Å². The predicted molar refractivity (Wildman–Crippen MR) is 80.1 cm³/mol. The van der Waals surface area contributed by atoms with Crippen LogP contribution in [0.4, 0.5) is 5.69 Å². The summed E-state index contributed by atoms with van der Waals surface area (Å²) in [5, 5.41) is 8.70. The summed E-state index contributed by atoms with van der Waals surface area (Å²) in [6.45, 7) is 0.549. The van der Waals surface area contributed by atoms with Gasteiger partial charge in [0, 0.05) is 39.1 Å². The van der Waals surface area contributed by atoms with Gasteiger partial charge in [-0.05, 0) is 24.6 Å². The van der Waals surface area contributed by atoms with Gasteiger partial charge in [0.15, 0.2) is 0 Å². The number of carbonyl (C=O) groups excluding carboxylic acids is 1. The van der Waals surface area contributed by atoms with Gasteiger partial charge < -0.3 is 19.5 Å². The molecule has 1 N–H and O–H groups in total. The Hall–Kier alpha value is -1.99. The zero-order valence-corrected chi connectivity index (χ0v) is 12.1. The van der Waals surface area contributed by atoms with Crippen LogP contribution in [0.25, 0.3) is 0 Å². The van der Waals surface area contributed by atoms with E-state index in [4.69, 9.17) is 9.84 Å². The highest BCUT2D eigenvalue weighted by molar-refractivity contribution is 5.61. The molecule has 4 heteroatoms. The number of rotatable bonds is 7. The fourth-order valence-electron chi connectivity index (χ4n) is 1.62. The number of carbonyl (C=O) groups is 1. The van der Waals surface area contributed by atoms with Crippen molar-refractivity contribution in [1.82, 2.24) is 0 Å². The van der Waals surface area contributed by atoms with Crippen molar-refractivity contribution < 1.29 is 14.6 Å². The van der Waals surface area contributed by atoms with Crippen LogP contribution in [0.5, 0.6) is 5.75 Å². The molecule has 0 saturated carbocycles. The summed E-state index contributed by atoms with van der Waals surface area (Å²) in [6, 6.07) is 5.73. The summed E-state index contributed by atoms with van der Waals surface area (Å²) in [5.74, 6) is 6.84. The molecule has 1 aromatic carbocycles. The molecule has 0 radical (unpaired) electrons. The van der Waals surface area contributed by atoms with Gasteiger partial charge in [-0.15, -0.1) is 0 Å². The Kier molecular flexibility index (Phi) is 7.23. The highest BCUT2D eigenvalue weighted by atomic mass is 16.5. The zero-order valence-electron chi connectivity index (χ0n) is 12.1. The van der Waals surface area contributed by atoms with Crippen molar-refractivity contribution >= 4 is 12.0 Å². The molecular formula is C16H21NO3. The number of nitrogens with zero attached hydrogens (tertiary/aromatic N) is 1. The molecule has 0 aliphatic carbocycles. The minimum Gasteiger partial charge on any atom is -0.491 e. The van der Waals surface area contributed by atoms with Crippen molar-refractivity contribution in [3.63, 3.8) is 0 Å². The largest absolute Gasteiger partial charge is 0.491 e. The van der Waals surface area contributed by atoms with Gasteiger partial charge in [-0.1, -0.05) is 11.8 Å². The first-order valence-electron chi connectivity index (χ1n) is 6.66. The molecule has 0 saturated heterocycles. The molecular weight excluding hydrogens is 254 g/mol. The Balaban J connectivity index is 2.82. The van der Waals surface area contributed by atoms with Crippen molar-refractivity contribution in [3.8, 4) is 17.6 Å². The van der Waals surface area contributed by atoms with Crippen LogP contribution in [0.3, 0.4) is 0 Å². The third-order valence-corrected chi connectivity index (χ3v) is 2.63. The lowest BCUT2D eigenvalue weighted by atomic mass is 10.1. The maximum Gasteiger partial charge on any atom is 0.142 e. The molecule has 0 heterocycles. The van der Waals surface area contributed by atoms with E-state index in [1.807, 2.05) is 37.2 Å². The maximum atomic E-state index is 10.3. The number of ether oxygens (including phenoxy) is 1. The summed E-state index contributed by atoms with van der Waals surface area (Å²) >= 11 is 0. The molecule has 0 fully saturated rings. The van der Waals surface area contributed by atoms with E-state index in [2.05, 4.69) is 11.8 Å². The Bertz CT molecular complexity index is 486. The number of aliphatic hydroxyl groups is 1. The normalized spacial score (nSPS) is 9.55. The second-order valence-electron chi connectivity index (χ2n) is 4.51. The standard InChI is InChI=1S/C16H21NO3/c1-17(2)15-13-14(7-4-3-5-10-18)8-9-16(15)20-12-6-11-19/h8-9,11,13,18H,3,5-6,10,12H2,1-2H3. The van der Waals surface area contributed by atoms with Gasteiger partial charge in [-0.3, -0.25) is 0 Å². The van der Waals surface area contributed by atoms with E-state index in [1.165, 1.54) is 0 Å². The molecule has 1 rings (SSSR count). The molecule has 1 aromatic rings. The Morgan fingerprint density at radius 1 is 1.40 bits per heavy atom. The molecule has 20 heavy (non-hydrogen) atoms. The van der Waals surface area contributed by atoms with Crippen molar-refractivity contribution in [2.75, 3.05) is 32.2 Å². The molecule has 0 aromatic heterocycles. The van der Waals surface area contributed by atoms with Gasteiger partial charge >= 0.3 is 0 Å². The number of aliphatic hydroxyl groups excluding tert-OH is 1. The van der Waals surface area contributed by atoms with Gasteiger partial charge in [-0.2, -0.15) is 0 Å². The monoisotopic (exact) mass is 275 g/mol. The van der Waals surface area contributed by atoms with E-state index in [1.54, 1.807) is 0 Å². The third-order valence-electron chi connectivity index (χ3n) is 2.63. The van der Waals surface area contributed by atoms with E-state index in [0.717, 1.165) is 23.3 Å². The van der Waals surface area contributed by atoms with Crippen molar-refractivity contribution in [1.29, 1.82) is 0 Å². The van der Waals surface area contributed by atoms with Crippen molar-refractivity contribution in [3.05, 3.63) is 23.8 Å². The highest BCUT2D eigenvalue weighted by Crippen LogP contribution is 2.28. The van der Waals surface area contributed by atoms with E-state index in [0.29, 0.717) is 25.9 Å². The van der Waals surface area contributed by atoms with Crippen LogP contribution in [0.2, 0.25) is 0 Å². The first-order chi connectivity index (χ1) is 9.69. The number of anilines is 1. The average molecular weight is 275 g/mol. The predicted octanol–water partition coefficient (Wildman–Crippen LogP) is 1.84. The summed E-state index contributed by atoms with van der Waals surface area (Å²) in [6.07, 6.45) is 2.61. The topological polar surface area (TPSA) is 49.8 Å². The van der Waals surface area contributed by atoms with Gasteiger partial charge in [0.1, 0.15) is 12.0 Å². The number of aldehydes is 1. The van der Waals surface area contributed by atoms with Gasteiger partial charge in [-0.25, -0.2) is 0 Å². The van der Waals surface area contributed by atoms with Crippen LogP contribution in [0.1, 0.15) is 24.8 Å². The molecule has 4 nitrogen and oxygen atoms in total. The van der Waals surface area contributed by atoms with Crippen LogP contribution < -0.4 is 9.64 Å². The highest BCUT2D eigenvalue weighted by Gasteiger charge is 2.06. The molecule has 0 aliphatic heterocycles. The van der Waals surface area contributed by atoms with Gasteiger partial charge in [0.2, 0.25) is 0 Å². The number of hydrogen-bond donors (Lipinski definition) is 1. The minimum atomic E-state index is 0.168. The van der Waals surface area contributed by atoms with Crippen LogP contribution >= 0.6 is 0 Å². The van der Waals surface area contributed by atoms with E-state index in [-0.39, 0.29) is 6.61 Å². The quantitative estimate of drug-likeness (QED) is 0.469. The molecule has 0 amide bonds. The first-order valence-corrected chi connectivity index (χ1v) is 6.66. The molecule has 108 valence electrons. The first kappa shape index (κ1) is 16.1. The minimum absolute atomic E-state index is 0.168. The second-order valence-corrected chi connectivity index (χ2v) is 4.51. The van der Waals surface area contributed by atoms with Gasteiger partial charge in [0.05, 0.1) is 12.3 Å². The Morgan fingerprint density at radius 3 is 2.85 bits per heavy atom. The summed E-state index contributed by atoms with van der Waals surface area (Å²) in [7, 11) is 3.87. The van der Waals surface area contributed by atoms with E-state index >= 15 is 0 Å². The summed E-state index contributed by atoms with van der Waals surface area (Å²) in [5.41, 5.74) is 1.85. The number of unbranched alkanes of at least 4 members (excludes halogenated alkanes) is 1.